The number of carboxylic acid groups (broad SMARTS) is 1. The lowest BCUT2D eigenvalue weighted by Gasteiger charge is -2.43. The minimum Gasteiger partial charge on any atom is -0.481 e. The van der Waals surface area contributed by atoms with Gasteiger partial charge in [0.15, 0.2) is 23.3 Å². The number of aromatic nitrogens is 5. The number of hydrogen-bond acceptors (Lipinski definition) is 7. The highest BCUT2D eigenvalue weighted by atomic mass is 35.5. The molecule has 1 saturated heterocycles. The maximum Gasteiger partial charge on any atom is 0.310 e. The van der Waals surface area contributed by atoms with Crippen molar-refractivity contribution in [3.63, 3.8) is 0 Å². The van der Waals surface area contributed by atoms with E-state index in [9.17, 15) is 14.3 Å². The summed E-state index contributed by atoms with van der Waals surface area (Å²) in [5, 5.41) is 20.2. The number of carboxylic acids is 1. The summed E-state index contributed by atoms with van der Waals surface area (Å²) in [5.74, 6) is -1.69. The molecular formula is C28H28ClF2N7O2. The number of rotatable bonds is 8. The number of hydrogen-bond donors (Lipinski definition) is 3. The Balaban J connectivity index is 1.45. The molecule has 0 bridgehead atoms. The summed E-state index contributed by atoms with van der Waals surface area (Å²) in [6.07, 6.45) is 3.66. The van der Waals surface area contributed by atoms with E-state index in [1.165, 1.54) is 24.5 Å². The summed E-state index contributed by atoms with van der Waals surface area (Å²) in [7, 11) is 0. The molecule has 5 rings (SSSR count). The highest BCUT2D eigenvalue weighted by Gasteiger charge is 2.45. The highest BCUT2D eigenvalue weighted by Crippen LogP contribution is 2.40. The molecule has 0 amide bonds. The van der Waals surface area contributed by atoms with E-state index in [2.05, 4.69) is 30.5 Å². The SMILES string of the molecule is Cc1cc(Nc2nc(C[C@@]3(C(=O)O)CCN(Cc4cccc(Cl)c4F)[C@H](C)C3)cc(-c3ncccn3)c2F)n[nH]1. The van der Waals surface area contributed by atoms with Crippen molar-refractivity contribution in [1.82, 2.24) is 30.0 Å². The second-order valence-electron chi connectivity index (χ2n) is 10.2. The Morgan fingerprint density at radius 1 is 1.23 bits per heavy atom. The quantitative estimate of drug-likeness (QED) is 0.254. The molecular weight excluding hydrogens is 540 g/mol. The van der Waals surface area contributed by atoms with Gasteiger partial charge in [-0.05, 0) is 51.4 Å². The molecule has 0 spiro atoms. The minimum atomic E-state index is -1.16. The van der Waals surface area contributed by atoms with Gasteiger partial charge in [0.1, 0.15) is 5.82 Å². The molecule has 2 atom stereocenters. The van der Waals surface area contributed by atoms with Gasteiger partial charge in [0.2, 0.25) is 0 Å². The number of H-pyrrole nitrogens is 1. The van der Waals surface area contributed by atoms with Gasteiger partial charge in [0.05, 0.1) is 16.0 Å². The molecule has 40 heavy (non-hydrogen) atoms. The number of aliphatic carboxylic acids is 1. The summed E-state index contributed by atoms with van der Waals surface area (Å²) >= 11 is 5.95. The van der Waals surface area contributed by atoms with Crippen molar-refractivity contribution >= 4 is 29.2 Å². The molecule has 12 heteroatoms. The van der Waals surface area contributed by atoms with E-state index in [1.807, 2.05) is 18.7 Å². The van der Waals surface area contributed by atoms with Gasteiger partial charge in [-0.1, -0.05) is 23.7 Å². The van der Waals surface area contributed by atoms with E-state index >= 15 is 4.39 Å². The molecule has 4 heterocycles. The van der Waals surface area contributed by atoms with Crippen LogP contribution in [-0.2, 0) is 17.8 Å². The molecule has 0 radical (unpaired) electrons. The van der Waals surface area contributed by atoms with Crippen LogP contribution < -0.4 is 5.32 Å². The van der Waals surface area contributed by atoms with Crippen LogP contribution in [0.1, 0.15) is 36.7 Å². The van der Waals surface area contributed by atoms with E-state index in [0.29, 0.717) is 43.0 Å². The Hall–Kier alpha value is -3.96. The summed E-state index contributed by atoms with van der Waals surface area (Å²) in [6, 6.07) is 9.53. The Morgan fingerprint density at radius 2 is 2.00 bits per heavy atom. The van der Waals surface area contributed by atoms with Crippen molar-refractivity contribution in [3.8, 4) is 11.4 Å². The van der Waals surface area contributed by atoms with Crippen molar-refractivity contribution in [1.29, 1.82) is 0 Å². The predicted octanol–water partition coefficient (Wildman–Crippen LogP) is 5.54. The lowest BCUT2D eigenvalue weighted by Crippen LogP contribution is -2.49. The van der Waals surface area contributed by atoms with Gasteiger partial charge in [0, 0.05) is 54.4 Å². The number of anilines is 2. The zero-order valence-corrected chi connectivity index (χ0v) is 22.7. The normalized spacial score (nSPS) is 19.5. The Kier molecular flexibility index (Phi) is 7.77. The van der Waals surface area contributed by atoms with Gasteiger partial charge >= 0.3 is 5.97 Å². The molecule has 3 aromatic heterocycles. The van der Waals surface area contributed by atoms with Crippen LogP contribution in [0.25, 0.3) is 11.4 Å². The summed E-state index contributed by atoms with van der Waals surface area (Å²) in [6.45, 7) is 4.47. The number of halogens is 3. The van der Waals surface area contributed by atoms with Gasteiger partial charge < -0.3 is 10.4 Å². The van der Waals surface area contributed by atoms with Gasteiger partial charge in [-0.25, -0.2) is 23.7 Å². The number of nitrogens with zero attached hydrogens (tertiary/aromatic N) is 5. The van der Waals surface area contributed by atoms with Crippen molar-refractivity contribution in [3.05, 3.63) is 82.4 Å². The monoisotopic (exact) mass is 567 g/mol. The van der Waals surface area contributed by atoms with E-state index in [4.69, 9.17) is 11.6 Å². The van der Waals surface area contributed by atoms with Crippen molar-refractivity contribution in [2.75, 3.05) is 11.9 Å². The van der Waals surface area contributed by atoms with Gasteiger partial charge in [-0.3, -0.25) is 14.8 Å². The maximum atomic E-state index is 15.6. The van der Waals surface area contributed by atoms with Crippen LogP contribution in [0.15, 0.2) is 48.8 Å². The number of aryl methyl sites for hydroxylation is 1. The molecule has 0 unspecified atom stereocenters. The third-order valence-electron chi connectivity index (χ3n) is 7.34. The molecule has 1 aliphatic rings. The average molecular weight is 568 g/mol. The lowest BCUT2D eigenvalue weighted by atomic mass is 9.72. The number of aromatic amines is 1. The molecule has 3 N–H and O–H groups in total. The standard InChI is InChI=1S/C28H28ClF2N7O2/c1-16-11-22(37-36-16)35-26-24(31)20(25-32-8-4-9-33-25)12-19(34-26)14-28(27(39)40)7-10-38(17(2)13-28)15-18-5-3-6-21(29)23(18)30/h3-6,8-9,11-12,17H,7,10,13-15H2,1-2H3,(H,39,40)(H2,34,35,36,37)/t17-,28-/m1/s1. The second kappa shape index (κ2) is 11.3. The lowest BCUT2D eigenvalue weighted by molar-refractivity contribution is -0.153. The number of pyridine rings is 1. The fraction of sp³-hybridized carbons (Fsp3) is 0.321. The number of benzene rings is 1. The van der Waals surface area contributed by atoms with Crippen molar-refractivity contribution in [2.45, 2.75) is 45.7 Å². The first-order valence-corrected chi connectivity index (χ1v) is 13.2. The van der Waals surface area contributed by atoms with Crippen LogP contribution in [0.2, 0.25) is 5.02 Å². The number of carbonyl (C=O) groups is 1. The molecule has 0 saturated carbocycles. The van der Waals surface area contributed by atoms with E-state index < -0.39 is 23.0 Å². The smallest absolute Gasteiger partial charge is 0.310 e. The van der Waals surface area contributed by atoms with Crippen LogP contribution >= 0.6 is 11.6 Å². The summed E-state index contributed by atoms with van der Waals surface area (Å²) in [4.78, 5) is 27.6. The first kappa shape index (κ1) is 27.6. The zero-order valence-electron chi connectivity index (χ0n) is 22.0. The predicted molar refractivity (Wildman–Crippen MR) is 146 cm³/mol. The second-order valence-corrected chi connectivity index (χ2v) is 10.6. The third kappa shape index (κ3) is 5.66. The topological polar surface area (TPSA) is 120 Å². The number of piperidine rings is 1. The average Bonchev–Trinajstić information content (AvgIpc) is 3.34. The van der Waals surface area contributed by atoms with Crippen LogP contribution in [0.4, 0.5) is 20.4 Å². The molecule has 1 aliphatic heterocycles. The van der Waals surface area contributed by atoms with Crippen LogP contribution in [0.3, 0.4) is 0 Å². The van der Waals surface area contributed by atoms with Gasteiger partial charge in [-0.2, -0.15) is 5.10 Å². The molecule has 208 valence electrons. The molecule has 1 fully saturated rings. The third-order valence-corrected chi connectivity index (χ3v) is 7.63. The van der Waals surface area contributed by atoms with E-state index in [1.54, 1.807) is 24.3 Å². The molecule has 9 nitrogen and oxygen atoms in total. The Morgan fingerprint density at radius 3 is 2.67 bits per heavy atom. The van der Waals surface area contributed by atoms with E-state index in [-0.39, 0.29) is 34.7 Å². The van der Waals surface area contributed by atoms with Crippen LogP contribution in [0.5, 0.6) is 0 Å². The van der Waals surface area contributed by atoms with E-state index in [0.717, 1.165) is 5.69 Å². The highest BCUT2D eigenvalue weighted by molar-refractivity contribution is 6.30. The van der Waals surface area contributed by atoms with Gasteiger partial charge in [0.25, 0.3) is 0 Å². The van der Waals surface area contributed by atoms with Crippen LogP contribution in [-0.4, -0.2) is 53.7 Å². The minimum absolute atomic E-state index is 0.0528. The fourth-order valence-corrected chi connectivity index (χ4v) is 5.43. The van der Waals surface area contributed by atoms with Crippen LogP contribution in [0, 0.1) is 24.0 Å². The van der Waals surface area contributed by atoms with Crippen molar-refractivity contribution in [2.24, 2.45) is 5.41 Å². The van der Waals surface area contributed by atoms with Gasteiger partial charge in [-0.15, -0.1) is 0 Å². The maximum absolute atomic E-state index is 15.6. The molecule has 1 aromatic carbocycles. The Bertz CT molecular complexity index is 1530. The first-order valence-electron chi connectivity index (χ1n) is 12.8. The number of nitrogens with one attached hydrogen (secondary N) is 2. The molecule has 0 aliphatic carbocycles. The fourth-order valence-electron chi connectivity index (χ4n) is 5.24. The first-order chi connectivity index (χ1) is 19.1. The zero-order chi connectivity index (χ0) is 28.4. The molecule has 4 aromatic rings. The summed E-state index contributed by atoms with van der Waals surface area (Å²) in [5.41, 5.74) is 0.543. The largest absolute Gasteiger partial charge is 0.481 e. The Labute approximate surface area is 234 Å². The summed E-state index contributed by atoms with van der Waals surface area (Å²) < 4.78 is 30.2. The van der Waals surface area contributed by atoms with Crippen molar-refractivity contribution < 1.29 is 18.7 Å². The number of likely N-dealkylation sites (tertiary alicyclic amines) is 1.